The van der Waals surface area contributed by atoms with Crippen LogP contribution in [0, 0.1) is 0 Å². The fourth-order valence-electron chi connectivity index (χ4n) is 2.22. The lowest BCUT2D eigenvalue weighted by Crippen LogP contribution is -2.45. The zero-order valence-corrected chi connectivity index (χ0v) is 11.9. The van der Waals surface area contributed by atoms with Crippen LogP contribution in [0.5, 0.6) is 0 Å². The van der Waals surface area contributed by atoms with E-state index in [1.54, 1.807) is 0 Å². The molecule has 1 N–H and O–H groups in total. The van der Waals surface area contributed by atoms with Crippen molar-refractivity contribution in [1.82, 2.24) is 5.32 Å². The molecule has 0 bridgehead atoms. The van der Waals surface area contributed by atoms with Gasteiger partial charge in [-0.05, 0) is 24.9 Å². The van der Waals surface area contributed by atoms with Crippen molar-refractivity contribution in [3.63, 3.8) is 0 Å². The quantitative estimate of drug-likeness (QED) is 0.854. The molecule has 1 aromatic rings. The third-order valence-electron chi connectivity index (χ3n) is 3.27. The Hall–Kier alpha value is -0.510. The molecule has 0 saturated carbocycles. The first-order valence-corrected chi connectivity index (χ1v) is 7.91. The molecular weight excluding hydrogens is 242 g/mol. The standard InChI is InChI=1S/C15H23NOS/c1-2-9-16-14-8-10-17-11-15(14)18-12-13-6-4-3-5-7-13/h3-7,14-16H,2,8-12H2,1H3. The van der Waals surface area contributed by atoms with Crippen LogP contribution in [-0.2, 0) is 10.5 Å². The molecule has 1 saturated heterocycles. The zero-order valence-electron chi connectivity index (χ0n) is 11.1. The van der Waals surface area contributed by atoms with Crippen LogP contribution in [0.4, 0.5) is 0 Å². The Labute approximate surface area is 114 Å². The third kappa shape index (κ3) is 4.30. The molecule has 3 heteroatoms. The van der Waals surface area contributed by atoms with E-state index in [1.807, 2.05) is 11.8 Å². The van der Waals surface area contributed by atoms with E-state index in [4.69, 9.17) is 4.74 Å². The van der Waals surface area contributed by atoms with Crippen LogP contribution in [0.15, 0.2) is 30.3 Å². The van der Waals surface area contributed by atoms with E-state index < -0.39 is 0 Å². The van der Waals surface area contributed by atoms with Crippen LogP contribution in [0.3, 0.4) is 0 Å². The Morgan fingerprint density at radius 1 is 1.33 bits per heavy atom. The second-order valence-corrected chi connectivity index (χ2v) is 5.99. The molecule has 100 valence electrons. The smallest absolute Gasteiger partial charge is 0.0600 e. The molecule has 18 heavy (non-hydrogen) atoms. The number of rotatable bonds is 6. The van der Waals surface area contributed by atoms with E-state index in [1.165, 1.54) is 12.0 Å². The summed E-state index contributed by atoms with van der Waals surface area (Å²) < 4.78 is 5.62. The molecule has 1 aliphatic rings. The maximum absolute atomic E-state index is 5.62. The molecule has 0 radical (unpaired) electrons. The van der Waals surface area contributed by atoms with E-state index in [0.717, 1.165) is 31.9 Å². The van der Waals surface area contributed by atoms with Crippen molar-refractivity contribution in [2.24, 2.45) is 0 Å². The monoisotopic (exact) mass is 265 g/mol. The maximum atomic E-state index is 5.62. The van der Waals surface area contributed by atoms with Gasteiger partial charge in [0, 0.05) is 23.7 Å². The zero-order chi connectivity index (χ0) is 12.6. The van der Waals surface area contributed by atoms with Gasteiger partial charge in [-0.2, -0.15) is 0 Å². The first-order valence-electron chi connectivity index (χ1n) is 6.87. The summed E-state index contributed by atoms with van der Waals surface area (Å²) in [6.45, 7) is 5.13. The average molecular weight is 265 g/mol. The summed E-state index contributed by atoms with van der Waals surface area (Å²) in [6.07, 6.45) is 2.35. The lowest BCUT2D eigenvalue weighted by molar-refractivity contribution is 0.0833. The maximum Gasteiger partial charge on any atom is 0.0600 e. The van der Waals surface area contributed by atoms with Gasteiger partial charge in [0.05, 0.1) is 6.61 Å². The SMILES string of the molecule is CCCNC1CCOCC1SCc1ccccc1. The van der Waals surface area contributed by atoms with Gasteiger partial charge in [0.1, 0.15) is 0 Å². The minimum atomic E-state index is 0.588. The van der Waals surface area contributed by atoms with Crippen LogP contribution < -0.4 is 5.32 Å². The lowest BCUT2D eigenvalue weighted by Gasteiger charge is -2.32. The summed E-state index contributed by atoms with van der Waals surface area (Å²) in [5, 5.41) is 4.25. The van der Waals surface area contributed by atoms with Gasteiger partial charge >= 0.3 is 0 Å². The molecule has 2 atom stereocenters. The summed E-state index contributed by atoms with van der Waals surface area (Å²) in [7, 11) is 0. The van der Waals surface area contributed by atoms with E-state index in [0.29, 0.717) is 11.3 Å². The summed E-state index contributed by atoms with van der Waals surface area (Å²) in [6, 6.07) is 11.3. The van der Waals surface area contributed by atoms with Gasteiger partial charge in [-0.15, -0.1) is 11.8 Å². The van der Waals surface area contributed by atoms with Crippen molar-refractivity contribution in [2.75, 3.05) is 19.8 Å². The van der Waals surface area contributed by atoms with Crippen molar-refractivity contribution < 1.29 is 4.74 Å². The minimum absolute atomic E-state index is 0.588. The Kier molecular flexibility index (Phi) is 6.05. The fraction of sp³-hybridized carbons (Fsp3) is 0.600. The Morgan fingerprint density at radius 2 is 2.17 bits per heavy atom. The van der Waals surface area contributed by atoms with Crippen LogP contribution >= 0.6 is 11.8 Å². The number of hydrogen-bond acceptors (Lipinski definition) is 3. The summed E-state index contributed by atoms with van der Waals surface area (Å²) in [5.74, 6) is 1.08. The lowest BCUT2D eigenvalue weighted by atomic mass is 10.1. The van der Waals surface area contributed by atoms with Gasteiger partial charge < -0.3 is 10.1 Å². The normalized spacial score (nSPS) is 24.1. The first kappa shape index (κ1) is 13.9. The van der Waals surface area contributed by atoms with E-state index >= 15 is 0 Å². The van der Waals surface area contributed by atoms with Crippen molar-refractivity contribution >= 4 is 11.8 Å². The molecule has 2 rings (SSSR count). The molecule has 0 aromatic heterocycles. The second kappa shape index (κ2) is 7.82. The summed E-state index contributed by atoms with van der Waals surface area (Å²) in [5.41, 5.74) is 1.40. The van der Waals surface area contributed by atoms with Crippen LogP contribution in [0.2, 0.25) is 0 Å². The second-order valence-electron chi connectivity index (χ2n) is 4.76. The van der Waals surface area contributed by atoms with Gasteiger partial charge in [0.15, 0.2) is 0 Å². The highest BCUT2D eigenvalue weighted by atomic mass is 32.2. The van der Waals surface area contributed by atoms with E-state index in [-0.39, 0.29) is 0 Å². The highest BCUT2D eigenvalue weighted by Crippen LogP contribution is 2.25. The number of benzene rings is 1. The molecule has 2 unspecified atom stereocenters. The average Bonchev–Trinajstić information content (AvgIpc) is 2.45. The molecule has 1 fully saturated rings. The molecule has 2 nitrogen and oxygen atoms in total. The van der Waals surface area contributed by atoms with Crippen molar-refractivity contribution in [3.8, 4) is 0 Å². The van der Waals surface area contributed by atoms with Gasteiger partial charge in [-0.25, -0.2) is 0 Å². The number of ether oxygens (including phenoxy) is 1. The summed E-state index contributed by atoms with van der Waals surface area (Å²) in [4.78, 5) is 0. The predicted molar refractivity (Wildman–Crippen MR) is 79.0 cm³/mol. The molecule has 1 heterocycles. The van der Waals surface area contributed by atoms with Crippen LogP contribution in [0.1, 0.15) is 25.3 Å². The Balaban J connectivity index is 1.81. The number of hydrogen-bond donors (Lipinski definition) is 1. The Bertz CT molecular complexity index is 331. The van der Waals surface area contributed by atoms with E-state index in [2.05, 4.69) is 42.6 Å². The molecule has 0 aliphatic carbocycles. The molecule has 1 aromatic carbocycles. The van der Waals surface area contributed by atoms with Crippen molar-refractivity contribution in [1.29, 1.82) is 0 Å². The van der Waals surface area contributed by atoms with Gasteiger partial charge in [0.2, 0.25) is 0 Å². The highest BCUT2D eigenvalue weighted by Gasteiger charge is 2.25. The molecule has 0 amide bonds. The van der Waals surface area contributed by atoms with Crippen molar-refractivity contribution in [3.05, 3.63) is 35.9 Å². The molecular formula is C15H23NOS. The van der Waals surface area contributed by atoms with Crippen LogP contribution in [0.25, 0.3) is 0 Å². The van der Waals surface area contributed by atoms with E-state index in [9.17, 15) is 0 Å². The van der Waals surface area contributed by atoms with Crippen LogP contribution in [-0.4, -0.2) is 31.1 Å². The van der Waals surface area contributed by atoms with Crippen molar-refractivity contribution in [2.45, 2.75) is 36.8 Å². The van der Waals surface area contributed by atoms with Gasteiger partial charge in [0.25, 0.3) is 0 Å². The third-order valence-corrected chi connectivity index (χ3v) is 4.66. The molecule has 1 aliphatic heterocycles. The van der Waals surface area contributed by atoms with Gasteiger partial charge in [-0.1, -0.05) is 37.3 Å². The topological polar surface area (TPSA) is 21.3 Å². The predicted octanol–water partition coefficient (Wildman–Crippen LogP) is 3.08. The summed E-state index contributed by atoms with van der Waals surface area (Å²) >= 11 is 2.02. The largest absolute Gasteiger partial charge is 0.380 e. The number of nitrogens with one attached hydrogen (secondary N) is 1. The Morgan fingerprint density at radius 3 is 2.94 bits per heavy atom. The molecule has 0 spiro atoms. The minimum Gasteiger partial charge on any atom is -0.380 e. The fourth-order valence-corrected chi connectivity index (χ4v) is 3.47. The van der Waals surface area contributed by atoms with Gasteiger partial charge in [-0.3, -0.25) is 0 Å². The number of thioether (sulfide) groups is 1. The first-order chi connectivity index (χ1) is 8.90. The highest BCUT2D eigenvalue weighted by molar-refractivity contribution is 7.99.